The van der Waals surface area contributed by atoms with Gasteiger partial charge in [-0.25, -0.2) is 10.4 Å². The van der Waals surface area contributed by atoms with Crippen molar-refractivity contribution in [3.63, 3.8) is 0 Å². The molecule has 160 valence electrons. The molecule has 0 saturated heterocycles. The van der Waals surface area contributed by atoms with E-state index in [1.807, 2.05) is 12.1 Å². The number of hydrogen-bond acceptors (Lipinski definition) is 5. The number of ether oxygens (including phenoxy) is 1. The van der Waals surface area contributed by atoms with Gasteiger partial charge in [0.2, 0.25) is 0 Å². The quantitative estimate of drug-likeness (QED) is 0.530. The van der Waals surface area contributed by atoms with Crippen LogP contribution in [0.3, 0.4) is 0 Å². The largest absolute Gasteiger partial charge is 0.497 e. The lowest BCUT2D eigenvalue weighted by atomic mass is 10.1. The molecule has 2 aliphatic rings. The number of imidazole rings is 1. The Morgan fingerprint density at radius 3 is 2.65 bits per heavy atom. The van der Waals surface area contributed by atoms with Crippen molar-refractivity contribution in [2.75, 3.05) is 12.9 Å². The number of methoxy groups -OCH3 is 1. The van der Waals surface area contributed by atoms with Gasteiger partial charge in [-0.15, -0.1) is 0 Å². The molecule has 1 fully saturated rings. The Hall–Kier alpha value is -2.80. The van der Waals surface area contributed by atoms with Crippen molar-refractivity contribution in [3.05, 3.63) is 48.0 Å². The van der Waals surface area contributed by atoms with Gasteiger partial charge in [0.25, 0.3) is 5.24 Å². The number of benzene rings is 2. The van der Waals surface area contributed by atoms with E-state index in [0.717, 1.165) is 39.4 Å². The number of hydrazone groups is 1. The predicted molar refractivity (Wildman–Crippen MR) is 126 cm³/mol. The van der Waals surface area contributed by atoms with E-state index in [-0.39, 0.29) is 5.24 Å². The maximum absolute atomic E-state index is 11.4. The predicted octanol–water partition coefficient (Wildman–Crippen LogP) is 5.77. The van der Waals surface area contributed by atoms with Gasteiger partial charge in [-0.05, 0) is 37.1 Å². The zero-order valence-electron chi connectivity index (χ0n) is 17.6. The number of fused-ring (bicyclic) bond motifs is 1. The SMILES string of the molecule is COc1cccc(-c2nc3cc(C4=NNC(=O)SC4)ccc3n2C2CCCCCC2)c1. The van der Waals surface area contributed by atoms with Crippen LogP contribution in [0.25, 0.3) is 22.4 Å². The molecule has 1 amide bonds. The Kier molecular flexibility index (Phi) is 5.68. The zero-order chi connectivity index (χ0) is 21.2. The first-order valence-electron chi connectivity index (χ1n) is 10.9. The van der Waals surface area contributed by atoms with Crippen molar-refractivity contribution in [1.82, 2.24) is 15.0 Å². The van der Waals surface area contributed by atoms with Gasteiger partial charge in [0.1, 0.15) is 11.6 Å². The molecule has 1 aliphatic carbocycles. The van der Waals surface area contributed by atoms with Gasteiger partial charge in [-0.2, -0.15) is 5.10 Å². The number of nitrogens with zero attached hydrogens (tertiary/aromatic N) is 3. The highest BCUT2D eigenvalue weighted by Crippen LogP contribution is 2.36. The minimum atomic E-state index is -0.109. The number of nitrogens with one attached hydrogen (secondary N) is 1. The van der Waals surface area contributed by atoms with Crippen LogP contribution in [0.15, 0.2) is 47.6 Å². The summed E-state index contributed by atoms with van der Waals surface area (Å²) >= 11 is 1.24. The van der Waals surface area contributed by atoms with E-state index in [1.54, 1.807) is 7.11 Å². The lowest BCUT2D eigenvalue weighted by Gasteiger charge is -2.20. The Morgan fingerprint density at radius 1 is 1.06 bits per heavy atom. The molecule has 0 spiro atoms. The van der Waals surface area contributed by atoms with Crippen LogP contribution in [0.4, 0.5) is 4.79 Å². The molecule has 1 saturated carbocycles. The molecule has 2 aromatic carbocycles. The van der Waals surface area contributed by atoms with E-state index >= 15 is 0 Å². The van der Waals surface area contributed by atoms with Crippen LogP contribution in [0.5, 0.6) is 5.75 Å². The molecule has 5 rings (SSSR count). The fraction of sp³-hybridized carbons (Fsp3) is 0.375. The second-order valence-corrected chi connectivity index (χ2v) is 9.08. The number of carbonyl (C=O) groups is 1. The van der Waals surface area contributed by atoms with Gasteiger partial charge < -0.3 is 9.30 Å². The first-order chi connectivity index (χ1) is 15.2. The number of amides is 1. The summed E-state index contributed by atoms with van der Waals surface area (Å²) in [6, 6.07) is 15.0. The molecule has 0 bridgehead atoms. The number of rotatable bonds is 4. The third-order valence-electron chi connectivity index (χ3n) is 6.16. The van der Waals surface area contributed by atoms with Crippen molar-refractivity contribution in [1.29, 1.82) is 0 Å². The van der Waals surface area contributed by atoms with E-state index in [2.05, 4.69) is 45.4 Å². The summed E-state index contributed by atoms with van der Waals surface area (Å²) in [5.41, 5.74) is 7.63. The van der Waals surface area contributed by atoms with Crippen LogP contribution in [-0.2, 0) is 0 Å². The molecule has 0 atom stereocenters. The summed E-state index contributed by atoms with van der Waals surface area (Å²) in [5.74, 6) is 2.40. The highest BCUT2D eigenvalue weighted by atomic mass is 32.2. The number of thioether (sulfide) groups is 1. The van der Waals surface area contributed by atoms with E-state index in [9.17, 15) is 4.79 Å². The molecule has 0 radical (unpaired) electrons. The maximum Gasteiger partial charge on any atom is 0.299 e. The Morgan fingerprint density at radius 2 is 1.90 bits per heavy atom. The summed E-state index contributed by atoms with van der Waals surface area (Å²) in [6.45, 7) is 0. The average Bonchev–Trinajstić information content (AvgIpc) is 2.98. The van der Waals surface area contributed by atoms with Crippen LogP contribution < -0.4 is 10.2 Å². The van der Waals surface area contributed by atoms with Gasteiger partial charge in [0.05, 0.1) is 23.9 Å². The molecule has 1 aromatic heterocycles. The molecule has 7 heteroatoms. The van der Waals surface area contributed by atoms with Gasteiger partial charge in [-0.1, -0.05) is 55.6 Å². The maximum atomic E-state index is 11.4. The van der Waals surface area contributed by atoms with Crippen molar-refractivity contribution in [2.45, 2.75) is 44.6 Å². The summed E-state index contributed by atoms with van der Waals surface area (Å²) < 4.78 is 7.92. The van der Waals surface area contributed by atoms with Crippen molar-refractivity contribution < 1.29 is 9.53 Å². The lowest BCUT2D eigenvalue weighted by Crippen LogP contribution is -2.23. The third-order valence-corrected chi connectivity index (χ3v) is 6.93. The molecule has 31 heavy (non-hydrogen) atoms. The topological polar surface area (TPSA) is 68.5 Å². The summed E-state index contributed by atoms with van der Waals surface area (Å²) in [4.78, 5) is 16.5. The van der Waals surface area contributed by atoms with Crippen LogP contribution in [0, 0.1) is 0 Å². The minimum Gasteiger partial charge on any atom is -0.497 e. The van der Waals surface area contributed by atoms with Crippen LogP contribution in [0.2, 0.25) is 0 Å². The molecular formula is C24H26N4O2S. The van der Waals surface area contributed by atoms with Crippen LogP contribution in [-0.4, -0.2) is 33.4 Å². The average molecular weight is 435 g/mol. The lowest BCUT2D eigenvalue weighted by molar-refractivity contribution is 0.261. The fourth-order valence-corrected chi connectivity index (χ4v) is 5.20. The van der Waals surface area contributed by atoms with Crippen LogP contribution >= 0.6 is 11.8 Å². The smallest absolute Gasteiger partial charge is 0.299 e. The summed E-state index contributed by atoms with van der Waals surface area (Å²) in [6.07, 6.45) is 7.50. The highest BCUT2D eigenvalue weighted by molar-refractivity contribution is 8.14. The van der Waals surface area contributed by atoms with E-state index in [0.29, 0.717) is 11.8 Å². The van der Waals surface area contributed by atoms with Gasteiger partial charge in [-0.3, -0.25) is 4.79 Å². The highest BCUT2D eigenvalue weighted by Gasteiger charge is 2.23. The zero-order valence-corrected chi connectivity index (χ0v) is 18.5. The second kappa shape index (κ2) is 8.75. The number of hydrogen-bond donors (Lipinski definition) is 1. The third kappa shape index (κ3) is 4.06. The molecule has 0 unspecified atom stereocenters. The van der Waals surface area contributed by atoms with E-state index < -0.39 is 0 Å². The number of aromatic nitrogens is 2. The normalized spacial score (nSPS) is 17.8. The Labute approximate surface area is 186 Å². The van der Waals surface area contributed by atoms with Gasteiger partial charge in [0, 0.05) is 22.9 Å². The van der Waals surface area contributed by atoms with E-state index in [1.165, 1.54) is 50.3 Å². The summed E-state index contributed by atoms with van der Waals surface area (Å²) in [5, 5.41) is 4.14. The van der Waals surface area contributed by atoms with Gasteiger partial charge in [0.15, 0.2) is 0 Å². The molecule has 6 nitrogen and oxygen atoms in total. The Balaban J connectivity index is 1.64. The molecule has 1 N–H and O–H groups in total. The first-order valence-corrected chi connectivity index (χ1v) is 11.9. The first kappa shape index (κ1) is 20.1. The van der Waals surface area contributed by atoms with Crippen molar-refractivity contribution >= 4 is 33.7 Å². The minimum absolute atomic E-state index is 0.109. The van der Waals surface area contributed by atoms with Gasteiger partial charge >= 0.3 is 0 Å². The fourth-order valence-electron chi connectivity index (χ4n) is 4.59. The van der Waals surface area contributed by atoms with Crippen molar-refractivity contribution in [2.24, 2.45) is 5.10 Å². The molecular weight excluding hydrogens is 408 g/mol. The monoisotopic (exact) mass is 434 g/mol. The Bertz CT molecular complexity index is 1150. The van der Waals surface area contributed by atoms with Crippen molar-refractivity contribution in [3.8, 4) is 17.1 Å². The molecule has 2 heterocycles. The second-order valence-electron chi connectivity index (χ2n) is 8.13. The number of carbonyl (C=O) groups excluding carboxylic acids is 1. The molecule has 1 aliphatic heterocycles. The molecule has 3 aromatic rings. The summed E-state index contributed by atoms with van der Waals surface area (Å²) in [7, 11) is 1.70. The standard InChI is InChI=1S/C24H26N4O2S/c1-30-19-10-6-7-17(13-19)23-25-20-14-16(21-15-31-24(29)27-26-21)11-12-22(20)28(23)18-8-4-2-3-5-9-18/h6-7,10-14,18H,2-5,8-9,15H2,1H3,(H,27,29). The van der Waals surface area contributed by atoms with E-state index in [4.69, 9.17) is 9.72 Å². The van der Waals surface area contributed by atoms with Crippen LogP contribution in [0.1, 0.15) is 50.1 Å².